The highest BCUT2D eigenvalue weighted by Crippen LogP contribution is 2.10. The lowest BCUT2D eigenvalue weighted by Gasteiger charge is -2.20. The Morgan fingerprint density at radius 1 is 0.583 bits per heavy atom. The van der Waals surface area contributed by atoms with Gasteiger partial charge < -0.3 is 16.0 Å². The molecule has 3 N–H and O–H groups in total. The number of carbonyl (C=O) groups excluding carboxylic acids is 3. The van der Waals surface area contributed by atoms with Crippen LogP contribution in [-0.2, 0) is 33.6 Å². The van der Waals surface area contributed by atoms with E-state index in [1.54, 1.807) is 0 Å². The molecule has 7 heteroatoms. The van der Waals surface area contributed by atoms with Gasteiger partial charge in [0, 0.05) is 13.1 Å². The highest BCUT2D eigenvalue weighted by atomic mass is 32.1. The quantitative estimate of drug-likeness (QED) is 0.214. The maximum atomic E-state index is 12.9. The summed E-state index contributed by atoms with van der Waals surface area (Å²) in [5.41, 5.74) is 3.24. The average molecular weight is 504 g/mol. The summed E-state index contributed by atoms with van der Waals surface area (Å²) in [4.78, 5) is 38.7. The number of thiol groups is 1. The van der Waals surface area contributed by atoms with Crippen LogP contribution in [0.1, 0.15) is 23.1 Å². The third-order valence-electron chi connectivity index (χ3n) is 5.77. The van der Waals surface area contributed by atoms with Gasteiger partial charge in [0.25, 0.3) is 11.8 Å². The molecule has 1 atom stereocenters. The molecule has 36 heavy (non-hydrogen) atoms. The lowest BCUT2D eigenvalue weighted by Crippen LogP contribution is -2.57. The van der Waals surface area contributed by atoms with Gasteiger partial charge in [-0.25, -0.2) is 0 Å². The van der Waals surface area contributed by atoms with E-state index >= 15 is 0 Å². The van der Waals surface area contributed by atoms with E-state index in [1.807, 2.05) is 91.0 Å². The van der Waals surface area contributed by atoms with Crippen molar-refractivity contribution in [2.24, 2.45) is 0 Å². The number of hydrogen-bond donors (Lipinski definition) is 4. The largest absolute Gasteiger partial charge is 0.354 e. The molecular formula is C29H33N3O3S. The fourth-order valence-electron chi connectivity index (χ4n) is 3.72. The summed E-state index contributed by atoms with van der Waals surface area (Å²) in [5, 5.41) is 7.53. The summed E-state index contributed by atoms with van der Waals surface area (Å²) in [6.45, 7) is 0.704. The smallest absolute Gasteiger partial charge is 0.252 e. The number of benzene rings is 3. The van der Waals surface area contributed by atoms with Crippen molar-refractivity contribution in [1.82, 2.24) is 16.0 Å². The van der Waals surface area contributed by atoms with Gasteiger partial charge in [-0.2, -0.15) is 12.6 Å². The highest BCUT2D eigenvalue weighted by Gasteiger charge is 2.29. The fourth-order valence-corrected chi connectivity index (χ4v) is 3.92. The summed E-state index contributed by atoms with van der Waals surface area (Å²) in [7, 11) is 0. The summed E-state index contributed by atoms with van der Waals surface area (Å²) in [6.07, 6.45) is 2.39. The molecule has 3 rings (SSSR count). The monoisotopic (exact) mass is 503 g/mol. The first-order valence-electron chi connectivity index (χ1n) is 12.2. The molecule has 6 nitrogen and oxygen atoms in total. The van der Waals surface area contributed by atoms with E-state index in [4.69, 9.17) is 0 Å². The number of nitrogens with one attached hydrogen (secondary N) is 3. The number of hydrogen-bond acceptors (Lipinski definition) is 4. The molecule has 0 aromatic heterocycles. The Kier molecular flexibility index (Phi) is 11.1. The normalized spacial score (nSPS) is 11.5. The van der Waals surface area contributed by atoms with Gasteiger partial charge in [-0.1, -0.05) is 91.0 Å². The van der Waals surface area contributed by atoms with Crippen LogP contribution >= 0.6 is 12.6 Å². The van der Waals surface area contributed by atoms with Gasteiger partial charge >= 0.3 is 0 Å². The van der Waals surface area contributed by atoms with Crippen LogP contribution in [0, 0.1) is 0 Å². The third-order valence-corrected chi connectivity index (χ3v) is 6.27. The second kappa shape index (κ2) is 14.7. The molecule has 0 heterocycles. The molecule has 0 spiro atoms. The summed E-state index contributed by atoms with van der Waals surface area (Å²) >= 11 is 4.43. The molecule has 0 radical (unpaired) electrons. The number of amides is 3. The van der Waals surface area contributed by atoms with E-state index in [9.17, 15) is 14.4 Å². The van der Waals surface area contributed by atoms with Crippen molar-refractivity contribution in [3.05, 3.63) is 108 Å². The molecule has 0 fully saturated rings. The fraction of sp³-hybridized carbons (Fsp3) is 0.276. The molecule has 1 unspecified atom stereocenters. The SMILES string of the molecule is O=C(NC(C(=O)NCCc1ccccc1)C(=O)NCCc1ccccc1)C(S)CCc1ccccc1. The van der Waals surface area contributed by atoms with Crippen LogP contribution < -0.4 is 16.0 Å². The van der Waals surface area contributed by atoms with Crippen molar-refractivity contribution in [2.45, 2.75) is 37.0 Å². The minimum absolute atomic E-state index is 0.352. The van der Waals surface area contributed by atoms with E-state index in [0.29, 0.717) is 38.8 Å². The van der Waals surface area contributed by atoms with Crippen LogP contribution in [0.2, 0.25) is 0 Å². The Labute approximate surface area is 218 Å². The maximum absolute atomic E-state index is 12.9. The zero-order valence-electron chi connectivity index (χ0n) is 20.2. The van der Waals surface area contributed by atoms with Crippen molar-refractivity contribution in [3.63, 3.8) is 0 Å². The van der Waals surface area contributed by atoms with Gasteiger partial charge in [0.05, 0.1) is 5.25 Å². The third kappa shape index (κ3) is 9.23. The van der Waals surface area contributed by atoms with Crippen molar-refractivity contribution in [2.75, 3.05) is 13.1 Å². The Morgan fingerprint density at radius 2 is 0.972 bits per heavy atom. The Bertz CT molecular complexity index is 1040. The highest BCUT2D eigenvalue weighted by molar-refractivity contribution is 7.81. The molecule has 0 aliphatic heterocycles. The number of rotatable bonds is 13. The van der Waals surface area contributed by atoms with Crippen LogP contribution in [0.25, 0.3) is 0 Å². The molecule has 0 aliphatic carbocycles. The van der Waals surface area contributed by atoms with E-state index in [-0.39, 0.29) is 0 Å². The van der Waals surface area contributed by atoms with Gasteiger partial charge in [0.2, 0.25) is 5.91 Å². The van der Waals surface area contributed by atoms with Crippen molar-refractivity contribution >= 4 is 30.4 Å². The molecule has 0 saturated heterocycles. The predicted octanol–water partition coefficient (Wildman–Crippen LogP) is 3.12. The molecule has 3 amide bonds. The first-order chi connectivity index (χ1) is 17.5. The lowest BCUT2D eigenvalue weighted by atomic mass is 10.1. The van der Waals surface area contributed by atoms with Gasteiger partial charge in [-0.3, -0.25) is 14.4 Å². The Hall–Kier alpha value is -3.58. The summed E-state index contributed by atoms with van der Waals surface area (Å²) in [5.74, 6) is -1.53. The van der Waals surface area contributed by atoms with Gasteiger partial charge in [0.1, 0.15) is 0 Å². The minimum atomic E-state index is -1.34. The molecule has 0 aliphatic rings. The number of carbonyl (C=O) groups is 3. The first kappa shape index (κ1) is 27.0. The molecular weight excluding hydrogens is 470 g/mol. The minimum Gasteiger partial charge on any atom is -0.354 e. The standard InChI is InChI=1S/C29H33N3O3S/c33-27(25(36)17-16-22-10-4-1-5-11-22)32-26(28(34)30-20-18-23-12-6-2-7-13-23)29(35)31-21-19-24-14-8-3-9-15-24/h1-15,25-26,36H,16-21H2,(H,30,34)(H,31,35)(H,32,33). The van der Waals surface area contributed by atoms with Crippen molar-refractivity contribution in [1.29, 1.82) is 0 Å². The molecule has 0 saturated carbocycles. The van der Waals surface area contributed by atoms with Crippen molar-refractivity contribution < 1.29 is 14.4 Å². The second-order valence-corrected chi connectivity index (χ2v) is 9.16. The maximum Gasteiger partial charge on any atom is 0.252 e. The van der Waals surface area contributed by atoms with Crippen molar-refractivity contribution in [3.8, 4) is 0 Å². The Morgan fingerprint density at radius 3 is 1.39 bits per heavy atom. The molecule has 188 valence electrons. The number of aryl methyl sites for hydroxylation is 1. The summed E-state index contributed by atoms with van der Waals surface area (Å²) in [6, 6.07) is 27.9. The zero-order chi connectivity index (χ0) is 25.6. The van der Waals surface area contributed by atoms with Crippen LogP contribution in [-0.4, -0.2) is 42.1 Å². The topological polar surface area (TPSA) is 87.3 Å². The van der Waals surface area contributed by atoms with Crippen LogP contribution in [0.5, 0.6) is 0 Å². The summed E-state index contributed by atoms with van der Waals surface area (Å²) < 4.78 is 0. The van der Waals surface area contributed by atoms with E-state index in [0.717, 1.165) is 16.7 Å². The molecule has 3 aromatic rings. The Balaban J connectivity index is 1.56. The second-order valence-electron chi connectivity index (χ2n) is 8.53. The van der Waals surface area contributed by atoms with Crippen LogP contribution in [0.3, 0.4) is 0 Å². The molecule has 0 bridgehead atoms. The van der Waals surface area contributed by atoms with E-state index in [1.165, 1.54) is 0 Å². The average Bonchev–Trinajstić information content (AvgIpc) is 2.91. The van der Waals surface area contributed by atoms with E-state index < -0.39 is 29.0 Å². The predicted molar refractivity (Wildman–Crippen MR) is 146 cm³/mol. The zero-order valence-corrected chi connectivity index (χ0v) is 21.1. The molecule has 3 aromatic carbocycles. The van der Waals surface area contributed by atoms with Crippen LogP contribution in [0.15, 0.2) is 91.0 Å². The van der Waals surface area contributed by atoms with E-state index in [2.05, 4.69) is 28.6 Å². The lowest BCUT2D eigenvalue weighted by molar-refractivity contribution is -0.136. The van der Waals surface area contributed by atoms with Crippen LogP contribution in [0.4, 0.5) is 0 Å². The van der Waals surface area contributed by atoms with Gasteiger partial charge in [0.15, 0.2) is 6.04 Å². The van der Waals surface area contributed by atoms with Gasteiger partial charge in [-0.05, 0) is 42.4 Å². The van der Waals surface area contributed by atoms with Gasteiger partial charge in [-0.15, -0.1) is 0 Å². The first-order valence-corrected chi connectivity index (χ1v) is 12.7.